The Morgan fingerprint density at radius 1 is 1.29 bits per heavy atom. The summed E-state index contributed by atoms with van der Waals surface area (Å²) in [7, 11) is 1.60. The number of carbonyl (C=O) groups excluding carboxylic acids is 3. The van der Waals surface area contributed by atoms with Gasteiger partial charge in [0.2, 0.25) is 11.8 Å². The summed E-state index contributed by atoms with van der Waals surface area (Å²) in [6, 6.07) is 1.85. The molecule has 1 aromatic rings. The van der Waals surface area contributed by atoms with Crippen molar-refractivity contribution >= 4 is 29.2 Å². The Hall–Kier alpha value is -2.12. The van der Waals surface area contributed by atoms with Crippen LogP contribution in [0.25, 0.3) is 0 Å². The Kier molecular flexibility index (Phi) is 6.01. The molecule has 0 saturated carbocycles. The molecule has 2 fully saturated rings. The summed E-state index contributed by atoms with van der Waals surface area (Å²) >= 11 is 6.34. The second kappa shape index (κ2) is 8.43. The van der Waals surface area contributed by atoms with E-state index in [2.05, 4.69) is 0 Å². The van der Waals surface area contributed by atoms with Gasteiger partial charge in [-0.25, -0.2) is 0 Å². The monoisotopic (exact) mass is 448 g/mol. The fourth-order valence-corrected chi connectivity index (χ4v) is 5.18. The molecule has 3 aliphatic rings. The van der Waals surface area contributed by atoms with Crippen molar-refractivity contribution in [1.82, 2.24) is 9.80 Å². The first-order chi connectivity index (χ1) is 14.7. The third-order valence-electron chi connectivity index (χ3n) is 6.85. The number of ketones is 1. The molecule has 1 spiro atoms. The average molecular weight is 449 g/mol. The highest BCUT2D eigenvalue weighted by Gasteiger charge is 2.46. The number of hydrogen-bond acceptors (Lipinski definition) is 5. The first-order valence-corrected chi connectivity index (χ1v) is 11.2. The van der Waals surface area contributed by atoms with E-state index >= 15 is 0 Å². The molecule has 1 aromatic carbocycles. The first kappa shape index (κ1) is 22.1. The normalized spacial score (nSPS) is 22.6. The lowest BCUT2D eigenvalue weighted by Crippen LogP contribution is -2.53. The average Bonchev–Trinajstić information content (AvgIpc) is 3.10. The lowest BCUT2D eigenvalue weighted by molar-refractivity contribution is -0.139. The van der Waals surface area contributed by atoms with Crippen LogP contribution < -0.4 is 4.74 Å². The van der Waals surface area contributed by atoms with Crippen LogP contribution in [0, 0.1) is 19.8 Å². The van der Waals surface area contributed by atoms with Gasteiger partial charge in [-0.15, -0.1) is 0 Å². The predicted octanol–water partition coefficient (Wildman–Crippen LogP) is 2.78. The number of halogens is 1. The maximum Gasteiger partial charge on any atom is 0.227 e. The highest BCUT2D eigenvalue weighted by atomic mass is 35.5. The highest BCUT2D eigenvalue weighted by molar-refractivity contribution is 6.32. The van der Waals surface area contributed by atoms with Crippen LogP contribution in [-0.2, 0) is 14.3 Å². The molecule has 0 aliphatic carbocycles. The summed E-state index contributed by atoms with van der Waals surface area (Å²) in [5, 5.41) is 0.609. The lowest BCUT2D eigenvalue weighted by Gasteiger charge is -2.44. The van der Waals surface area contributed by atoms with Gasteiger partial charge >= 0.3 is 0 Å². The molecule has 2 saturated heterocycles. The van der Waals surface area contributed by atoms with Crippen molar-refractivity contribution in [3.63, 3.8) is 0 Å². The fourth-order valence-electron chi connectivity index (χ4n) is 5.03. The zero-order valence-corrected chi connectivity index (χ0v) is 19.1. The number of benzene rings is 1. The number of likely N-dealkylation sites (tertiary alicyclic amines) is 2. The van der Waals surface area contributed by atoms with Crippen LogP contribution in [0.15, 0.2) is 6.07 Å². The maximum absolute atomic E-state index is 13.0. The predicted molar refractivity (Wildman–Crippen MR) is 116 cm³/mol. The second-order valence-corrected chi connectivity index (χ2v) is 9.33. The quantitative estimate of drug-likeness (QED) is 0.708. The SMILES string of the molecule is COCCN1CC(C(=O)N2CCC3(CC2)CC(=O)c2c(cc(C)c(Cl)c2C)O3)CC1=O. The van der Waals surface area contributed by atoms with Crippen LogP contribution in [0.1, 0.15) is 47.2 Å². The number of nitrogens with zero attached hydrogens (tertiary/aromatic N) is 2. The number of fused-ring (bicyclic) bond motifs is 1. The maximum atomic E-state index is 13.0. The number of rotatable bonds is 4. The lowest BCUT2D eigenvalue weighted by atomic mass is 9.81. The van der Waals surface area contributed by atoms with Gasteiger partial charge in [0.1, 0.15) is 11.4 Å². The van der Waals surface area contributed by atoms with E-state index in [0.29, 0.717) is 68.4 Å². The van der Waals surface area contributed by atoms with E-state index < -0.39 is 5.60 Å². The molecule has 1 atom stereocenters. The van der Waals surface area contributed by atoms with E-state index in [1.807, 2.05) is 24.8 Å². The summed E-state index contributed by atoms with van der Waals surface area (Å²) < 4.78 is 11.4. The molecule has 0 N–H and O–H groups in total. The Balaban J connectivity index is 1.41. The number of carbonyl (C=O) groups is 3. The summed E-state index contributed by atoms with van der Waals surface area (Å²) in [5.74, 6) is 0.372. The van der Waals surface area contributed by atoms with Gasteiger partial charge < -0.3 is 19.3 Å². The molecule has 8 heteroatoms. The minimum atomic E-state index is -0.580. The van der Waals surface area contributed by atoms with Crippen molar-refractivity contribution in [3.05, 3.63) is 27.8 Å². The van der Waals surface area contributed by atoms with E-state index in [1.54, 1.807) is 12.0 Å². The van der Waals surface area contributed by atoms with Gasteiger partial charge in [0, 0.05) is 57.6 Å². The Bertz CT molecular complexity index is 923. The van der Waals surface area contributed by atoms with Crippen LogP contribution in [0.3, 0.4) is 0 Å². The molecule has 31 heavy (non-hydrogen) atoms. The highest BCUT2D eigenvalue weighted by Crippen LogP contribution is 2.43. The van der Waals surface area contributed by atoms with Gasteiger partial charge in [0.25, 0.3) is 0 Å². The Labute approximate surface area is 187 Å². The fraction of sp³-hybridized carbons (Fsp3) is 0.609. The van der Waals surface area contributed by atoms with E-state index in [4.69, 9.17) is 21.1 Å². The first-order valence-electron chi connectivity index (χ1n) is 10.8. The van der Waals surface area contributed by atoms with Crippen molar-refractivity contribution in [3.8, 4) is 5.75 Å². The van der Waals surface area contributed by atoms with Crippen molar-refractivity contribution in [1.29, 1.82) is 0 Å². The number of Topliss-reactive ketones (excluding diaryl/α,β-unsaturated/α-hetero) is 1. The van der Waals surface area contributed by atoms with Crippen molar-refractivity contribution in [2.45, 2.75) is 45.1 Å². The topological polar surface area (TPSA) is 76.2 Å². The minimum Gasteiger partial charge on any atom is -0.486 e. The number of aryl methyl sites for hydroxylation is 1. The zero-order chi connectivity index (χ0) is 22.3. The number of piperidine rings is 1. The van der Waals surface area contributed by atoms with Crippen molar-refractivity contribution in [2.75, 3.05) is 39.9 Å². The Morgan fingerprint density at radius 3 is 2.68 bits per heavy atom. The summed E-state index contributed by atoms with van der Waals surface area (Å²) in [6.07, 6.45) is 1.75. The van der Waals surface area contributed by atoms with Crippen LogP contribution in [0.4, 0.5) is 0 Å². The molecular formula is C23H29ClN2O5. The molecule has 0 bridgehead atoms. The summed E-state index contributed by atoms with van der Waals surface area (Å²) in [4.78, 5) is 41.7. The third-order valence-corrected chi connectivity index (χ3v) is 7.43. The van der Waals surface area contributed by atoms with Crippen LogP contribution >= 0.6 is 11.6 Å². The zero-order valence-electron chi connectivity index (χ0n) is 18.3. The van der Waals surface area contributed by atoms with Crippen LogP contribution in [-0.4, -0.2) is 72.9 Å². The molecule has 0 aromatic heterocycles. The van der Waals surface area contributed by atoms with E-state index in [1.165, 1.54) is 0 Å². The minimum absolute atomic E-state index is 0.00565. The van der Waals surface area contributed by atoms with E-state index in [-0.39, 0.29) is 29.9 Å². The second-order valence-electron chi connectivity index (χ2n) is 8.95. The molecule has 4 rings (SSSR count). The van der Waals surface area contributed by atoms with Crippen LogP contribution in [0.2, 0.25) is 5.02 Å². The van der Waals surface area contributed by atoms with Gasteiger partial charge in [-0.1, -0.05) is 11.6 Å². The number of methoxy groups -OCH3 is 1. The number of hydrogen-bond donors (Lipinski definition) is 0. The molecule has 2 amide bonds. The van der Waals surface area contributed by atoms with Gasteiger partial charge in [-0.2, -0.15) is 0 Å². The molecule has 1 unspecified atom stereocenters. The molecule has 3 heterocycles. The summed E-state index contributed by atoms with van der Waals surface area (Å²) in [6.45, 7) is 6.24. The van der Waals surface area contributed by atoms with Crippen molar-refractivity contribution < 1.29 is 23.9 Å². The molecule has 0 radical (unpaired) electrons. The molecular weight excluding hydrogens is 420 g/mol. The number of amides is 2. The number of ether oxygens (including phenoxy) is 2. The molecule has 7 nitrogen and oxygen atoms in total. The molecule has 168 valence electrons. The molecule has 3 aliphatic heterocycles. The van der Waals surface area contributed by atoms with Crippen LogP contribution in [0.5, 0.6) is 5.75 Å². The smallest absolute Gasteiger partial charge is 0.227 e. The van der Waals surface area contributed by atoms with E-state index in [9.17, 15) is 14.4 Å². The largest absolute Gasteiger partial charge is 0.486 e. The third kappa shape index (κ3) is 4.05. The van der Waals surface area contributed by atoms with Gasteiger partial charge in [-0.3, -0.25) is 14.4 Å². The van der Waals surface area contributed by atoms with Gasteiger partial charge in [-0.05, 0) is 31.0 Å². The Morgan fingerprint density at radius 2 is 2.00 bits per heavy atom. The van der Waals surface area contributed by atoms with Gasteiger partial charge in [0.05, 0.1) is 24.5 Å². The summed E-state index contributed by atoms with van der Waals surface area (Å²) in [5.41, 5.74) is 1.66. The standard InChI is InChI=1S/C23H29ClN2O5/c1-14-10-18-20(15(2)21(14)24)17(27)12-23(31-18)4-6-25(7-5-23)22(29)16-11-19(28)26(13-16)8-9-30-3/h10,16H,4-9,11-13H2,1-3H3. The van der Waals surface area contributed by atoms with Gasteiger partial charge in [0.15, 0.2) is 5.78 Å². The van der Waals surface area contributed by atoms with Crippen molar-refractivity contribution in [2.24, 2.45) is 5.92 Å². The van der Waals surface area contributed by atoms with E-state index in [0.717, 1.165) is 11.1 Å².